The van der Waals surface area contributed by atoms with Crippen molar-refractivity contribution in [2.24, 2.45) is 5.73 Å². The average molecular weight is 250 g/mol. The van der Waals surface area contributed by atoms with Gasteiger partial charge in [0.2, 0.25) is 0 Å². The molecule has 0 amide bonds. The number of hydrogen-bond acceptors (Lipinski definition) is 3. The molecule has 3 heteroatoms. The Morgan fingerprint density at radius 1 is 1.28 bits per heavy atom. The normalized spacial score (nSPS) is 13.7. The van der Waals surface area contributed by atoms with Crippen molar-refractivity contribution in [1.29, 1.82) is 0 Å². The van der Waals surface area contributed by atoms with Gasteiger partial charge < -0.3 is 16.2 Å². The summed E-state index contributed by atoms with van der Waals surface area (Å²) in [6.45, 7) is 10.4. The van der Waals surface area contributed by atoms with E-state index in [0.717, 1.165) is 6.54 Å². The molecule has 0 radical (unpaired) electrons. The van der Waals surface area contributed by atoms with E-state index in [-0.39, 0.29) is 5.41 Å². The summed E-state index contributed by atoms with van der Waals surface area (Å²) in [6.07, 6.45) is -0.458. The minimum absolute atomic E-state index is 0.0484. The molecule has 1 atom stereocenters. The van der Waals surface area contributed by atoms with Crippen LogP contribution in [0.3, 0.4) is 0 Å². The molecule has 3 nitrogen and oxygen atoms in total. The summed E-state index contributed by atoms with van der Waals surface area (Å²) in [7, 11) is 0. The SMILES string of the molecule is Cc1ccc(C(C)(C)CNCC(O)CN)cc1C. The number of nitrogens with two attached hydrogens (primary N) is 1. The topological polar surface area (TPSA) is 58.3 Å². The van der Waals surface area contributed by atoms with Crippen molar-refractivity contribution >= 4 is 0 Å². The van der Waals surface area contributed by atoms with Crippen molar-refractivity contribution in [3.05, 3.63) is 34.9 Å². The number of aliphatic hydroxyl groups excluding tert-OH is 1. The lowest BCUT2D eigenvalue weighted by atomic mass is 9.83. The maximum absolute atomic E-state index is 9.42. The molecule has 0 saturated heterocycles. The standard InChI is InChI=1S/C15H26N2O/c1-11-5-6-13(7-12(11)2)15(3,4)10-17-9-14(18)8-16/h5-7,14,17-18H,8-10,16H2,1-4H3. The van der Waals surface area contributed by atoms with Crippen LogP contribution in [-0.2, 0) is 5.41 Å². The highest BCUT2D eigenvalue weighted by Gasteiger charge is 2.20. The van der Waals surface area contributed by atoms with Gasteiger partial charge in [-0.25, -0.2) is 0 Å². The van der Waals surface area contributed by atoms with Crippen LogP contribution in [0.4, 0.5) is 0 Å². The summed E-state index contributed by atoms with van der Waals surface area (Å²) >= 11 is 0. The van der Waals surface area contributed by atoms with Crippen LogP contribution in [0.1, 0.15) is 30.5 Å². The number of benzene rings is 1. The van der Waals surface area contributed by atoms with Gasteiger partial charge in [-0.05, 0) is 30.5 Å². The Kier molecular flexibility index (Phi) is 5.32. The minimum atomic E-state index is -0.458. The quantitative estimate of drug-likeness (QED) is 0.717. The summed E-state index contributed by atoms with van der Waals surface area (Å²) in [4.78, 5) is 0. The first-order valence-corrected chi connectivity index (χ1v) is 6.53. The molecule has 0 saturated carbocycles. The van der Waals surface area contributed by atoms with Crippen LogP contribution in [0.5, 0.6) is 0 Å². The van der Waals surface area contributed by atoms with Crippen molar-refractivity contribution in [1.82, 2.24) is 5.32 Å². The Labute approximate surface area is 110 Å². The first-order chi connectivity index (χ1) is 8.36. The predicted molar refractivity (Wildman–Crippen MR) is 76.9 cm³/mol. The lowest BCUT2D eigenvalue weighted by Crippen LogP contribution is -2.39. The Morgan fingerprint density at radius 3 is 2.50 bits per heavy atom. The van der Waals surface area contributed by atoms with Crippen molar-refractivity contribution in [2.75, 3.05) is 19.6 Å². The van der Waals surface area contributed by atoms with Gasteiger partial charge in [0.25, 0.3) is 0 Å². The molecule has 1 unspecified atom stereocenters. The smallest absolute Gasteiger partial charge is 0.0786 e. The Hall–Kier alpha value is -0.900. The molecule has 0 fully saturated rings. The third kappa shape index (κ3) is 4.09. The lowest BCUT2D eigenvalue weighted by Gasteiger charge is -2.27. The van der Waals surface area contributed by atoms with Gasteiger partial charge in [-0.15, -0.1) is 0 Å². The zero-order valence-corrected chi connectivity index (χ0v) is 12.0. The number of aliphatic hydroxyl groups is 1. The summed E-state index contributed by atoms with van der Waals surface area (Å²) in [5, 5.41) is 12.7. The highest BCUT2D eigenvalue weighted by molar-refractivity contribution is 5.34. The zero-order valence-electron chi connectivity index (χ0n) is 12.0. The Balaban J connectivity index is 2.64. The number of aryl methyl sites for hydroxylation is 2. The van der Waals surface area contributed by atoms with E-state index in [2.05, 4.69) is 51.2 Å². The van der Waals surface area contributed by atoms with E-state index in [9.17, 15) is 5.11 Å². The van der Waals surface area contributed by atoms with Gasteiger partial charge >= 0.3 is 0 Å². The molecule has 1 aromatic carbocycles. The molecule has 4 N–H and O–H groups in total. The van der Waals surface area contributed by atoms with E-state index >= 15 is 0 Å². The predicted octanol–water partition coefficient (Wildman–Crippen LogP) is 1.49. The first-order valence-electron chi connectivity index (χ1n) is 6.53. The van der Waals surface area contributed by atoms with Gasteiger partial charge in [-0.1, -0.05) is 32.0 Å². The van der Waals surface area contributed by atoms with Crippen LogP contribution in [0.2, 0.25) is 0 Å². The second-order valence-corrected chi connectivity index (χ2v) is 5.70. The largest absolute Gasteiger partial charge is 0.390 e. The highest BCUT2D eigenvalue weighted by atomic mass is 16.3. The zero-order chi connectivity index (χ0) is 13.8. The molecule has 0 aliphatic heterocycles. The molecule has 0 bridgehead atoms. The lowest BCUT2D eigenvalue weighted by molar-refractivity contribution is 0.177. The van der Waals surface area contributed by atoms with Gasteiger partial charge in [-0.2, -0.15) is 0 Å². The van der Waals surface area contributed by atoms with E-state index in [4.69, 9.17) is 5.73 Å². The third-order valence-electron chi connectivity index (χ3n) is 3.51. The molecule has 1 aromatic rings. The summed E-state index contributed by atoms with van der Waals surface area (Å²) < 4.78 is 0. The summed E-state index contributed by atoms with van der Waals surface area (Å²) in [5.74, 6) is 0. The monoisotopic (exact) mass is 250 g/mol. The summed E-state index contributed by atoms with van der Waals surface area (Å²) in [6, 6.07) is 6.60. The molecule has 1 rings (SSSR count). The number of rotatable bonds is 6. The Morgan fingerprint density at radius 2 is 1.94 bits per heavy atom. The van der Waals surface area contributed by atoms with Crippen molar-refractivity contribution < 1.29 is 5.11 Å². The minimum Gasteiger partial charge on any atom is -0.390 e. The molecule has 0 aromatic heterocycles. The summed E-state index contributed by atoms with van der Waals surface area (Å²) in [5.41, 5.74) is 9.39. The average Bonchev–Trinajstić information content (AvgIpc) is 2.32. The van der Waals surface area contributed by atoms with Gasteiger partial charge in [0.05, 0.1) is 6.10 Å². The molecule has 102 valence electrons. The molecule has 0 spiro atoms. The molecular weight excluding hydrogens is 224 g/mol. The molecule has 0 heterocycles. The molecule has 18 heavy (non-hydrogen) atoms. The third-order valence-corrected chi connectivity index (χ3v) is 3.51. The number of nitrogens with one attached hydrogen (secondary N) is 1. The van der Waals surface area contributed by atoms with Crippen LogP contribution in [-0.4, -0.2) is 30.8 Å². The van der Waals surface area contributed by atoms with Crippen molar-refractivity contribution in [3.63, 3.8) is 0 Å². The fourth-order valence-corrected chi connectivity index (χ4v) is 1.90. The van der Waals surface area contributed by atoms with Crippen LogP contribution in [0.25, 0.3) is 0 Å². The van der Waals surface area contributed by atoms with Crippen molar-refractivity contribution in [3.8, 4) is 0 Å². The number of hydrogen-bond donors (Lipinski definition) is 3. The van der Waals surface area contributed by atoms with Gasteiger partial charge in [0.1, 0.15) is 0 Å². The fourth-order valence-electron chi connectivity index (χ4n) is 1.90. The van der Waals surface area contributed by atoms with E-state index in [1.54, 1.807) is 0 Å². The van der Waals surface area contributed by atoms with Gasteiger partial charge in [0.15, 0.2) is 0 Å². The molecule has 0 aliphatic rings. The highest BCUT2D eigenvalue weighted by Crippen LogP contribution is 2.24. The van der Waals surface area contributed by atoms with Crippen LogP contribution in [0.15, 0.2) is 18.2 Å². The van der Waals surface area contributed by atoms with Crippen LogP contribution < -0.4 is 11.1 Å². The van der Waals surface area contributed by atoms with Gasteiger partial charge in [-0.3, -0.25) is 0 Å². The fraction of sp³-hybridized carbons (Fsp3) is 0.600. The molecular formula is C15H26N2O. The molecule has 0 aliphatic carbocycles. The van der Waals surface area contributed by atoms with Crippen LogP contribution in [0, 0.1) is 13.8 Å². The van der Waals surface area contributed by atoms with Gasteiger partial charge in [0, 0.05) is 25.0 Å². The Bertz CT molecular complexity index is 388. The van der Waals surface area contributed by atoms with E-state index in [1.807, 2.05) is 0 Å². The van der Waals surface area contributed by atoms with E-state index in [0.29, 0.717) is 13.1 Å². The maximum Gasteiger partial charge on any atom is 0.0786 e. The van der Waals surface area contributed by atoms with Crippen molar-refractivity contribution in [2.45, 2.75) is 39.2 Å². The second-order valence-electron chi connectivity index (χ2n) is 5.70. The second kappa shape index (κ2) is 6.32. The first kappa shape index (κ1) is 15.2. The van der Waals surface area contributed by atoms with E-state index < -0.39 is 6.10 Å². The van der Waals surface area contributed by atoms with E-state index in [1.165, 1.54) is 16.7 Å². The maximum atomic E-state index is 9.42. The van der Waals surface area contributed by atoms with Crippen LogP contribution >= 0.6 is 0 Å².